The van der Waals surface area contributed by atoms with Crippen LogP contribution in [0, 0.1) is 0 Å². The van der Waals surface area contributed by atoms with Crippen LogP contribution in [0.4, 0.5) is 0 Å². The highest BCUT2D eigenvalue weighted by Crippen LogP contribution is 1.98. The van der Waals surface area contributed by atoms with Crippen LogP contribution in [0.25, 0.3) is 0 Å². The van der Waals surface area contributed by atoms with E-state index in [4.69, 9.17) is 0 Å². The first-order chi connectivity index (χ1) is 4.16. The first-order valence-electron chi connectivity index (χ1n) is 2.79. The van der Waals surface area contributed by atoms with Gasteiger partial charge in [0.25, 0.3) is 0 Å². The molecule has 0 N–H and O–H groups in total. The monoisotopic (exact) mass is 140 g/mol. The maximum atomic E-state index is 4.04. The Morgan fingerprint density at radius 1 is 1.44 bits per heavy atom. The van der Waals surface area contributed by atoms with Crippen molar-refractivity contribution in [3.63, 3.8) is 0 Å². The third-order valence-electron chi connectivity index (χ3n) is 0.807. The number of rotatable bonds is 3. The fourth-order valence-corrected chi connectivity index (χ4v) is 0.418. The van der Waals surface area contributed by atoms with E-state index < -0.39 is 0 Å². The molecule has 0 aliphatic rings. The lowest BCUT2D eigenvalue weighted by molar-refractivity contribution is 1.51. The van der Waals surface area contributed by atoms with Crippen LogP contribution < -0.4 is 0 Å². The van der Waals surface area contributed by atoms with E-state index in [-0.39, 0.29) is 0 Å². The molecule has 0 bridgehead atoms. The minimum atomic E-state index is 0.712. The maximum absolute atomic E-state index is 4.04. The highest BCUT2D eigenvalue weighted by molar-refractivity contribution is 7.80. The van der Waals surface area contributed by atoms with E-state index >= 15 is 0 Å². The molecular formula is C8H12S. The summed E-state index contributed by atoms with van der Waals surface area (Å²) in [6.07, 6.45) is 3.86. The van der Waals surface area contributed by atoms with Gasteiger partial charge in [0, 0.05) is 5.75 Å². The molecule has 0 atom stereocenters. The second kappa shape index (κ2) is 4.45. The third-order valence-corrected chi connectivity index (χ3v) is 1.21. The van der Waals surface area contributed by atoms with Crippen LogP contribution >= 0.6 is 12.6 Å². The second-order valence-electron chi connectivity index (χ2n) is 2.00. The van der Waals surface area contributed by atoms with E-state index in [9.17, 15) is 0 Å². The summed E-state index contributed by atoms with van der Waals surface area (Å²) in [5.74, 6) is 0.712. The molecule has 0 spiro atoms. The van der Waals surface area contributed by atoms with Crippen molar-refractivity contribution in [2.24, 2.45) is 0 Å². The van der Waals surface area contributed by atoms with Gasteiger partial charge in [0.1, 0.15) is 0 Å². The Hall–Kier alpha value is -0.430. The molecule has 0 aliphatic carbocycles. The Balaban J connectivity index is 3.71. The topological polar surface area (TPSA) is 0 Å². The highest BCUT2D eigenvalue weighted by atomic mass is 32.1. The van der Waals surface area contributed by atoms with E-state index in [1.165, 1.54) is 0 Å². The predicted molar refractivity (Wildman–Crippen MR) is 46.9 cm³/mol. The first-order valence-corrected chi connectivity index (χ1v) is 3.42. The average Bonchev–Trinajstić information content (AvgIpc) is 1.83. The van der Waals surface area contributed by atoms with Crippen LogP contribution in [0.15, 0.2) is 36.5 Å². The van der Waals surface area contributed by atoms with Gasteiger partial charge >= 0.3 is 0 Å². The Morgan fingerprint density at radius 3 is 2.33 bits per heavy atom. The van der Waals surface area contributed by atoms with Gasteiger partial charge in [0.2, 0.25) is 0 Å². The third kappa shape index (κ3) is 5.44. The zero-order valence-electron chi connectivity index (χ0n) is 5.72. The van der Waals surface area contributed by atoms with Gasteiger partial charge in [-0.15, -0.1) is 0 Å². The first kappa shape index (κ1) is 8.57. The molecule has 9 heavy (non-hydrogen) atoms. The molecule has 0 rings (SSSR count). The van der Waals surface area contributed by atoms with E-state index in [1.807, 2.05) is 19.1 Å². The summed E-state index contributed by atoms with van der Waals surface area (Å²) in [5.41, 5.74) is 2.05. The molecule has 0 heterocycles. The van der Waals surface area contributed by atoms with Crippen molar-refractivity contribution in [3.05, 3.63) is 36.5 Å². The molecule has 0 radical (unpaired) electrons. The molecule has 0 unspecified atom stereocenters. The van der Waals surface area contributed by atoms with Gasteiger partial charge in [-0.1, -0.05) is 30.9 Å². The smallest absolute Gasteiger partial charge is 0.0148 e. The van der Waals surface area contributed by atoms with Gasteiger partial charge in [0.05, 0.1) is 0 Å². The van der Waals surface area contributed by atoms with Crippen LogP contribution in [-0.4, -0.2) is 5.75 Å². The van der Waals surface area contributed by atoms with E-state index in [0.29, 0.717) is 5.75 Å². The fraction of sp³-hybridized carbons (Fsp3) is 0.250. The molecule has 0 aromatic heterocycles. The van der Waals surface area contributed by atoms with Crippen LogP contribution in [0.1, 0.15) is 6.92 Å². The molecule has 0 saturated carbocycles. The van der Waals surface area contributed by atoms with Gasteiger partial charge in [-0.2, -0.15) is 12.6 Å². The average molecular weight is 140 g/mol. The largest absolute Gasteiger partial charge is 0.175 e. The molecule has 0 saturated heterocycles. The summed E-state index contributed by atoms with van der Waals surface area (Å²) in [5, 5.41) is 0. The zero-order valence-corrected chi connectivity index (χ0v) is 6.62. The molecule has 0 amide bonds. The van der Waals surface area contributed by atoms with Gasteiger partial charge in [0.15, 0.2) is 0 Å². The molecule has 0 fully saturated rings. The SMILES string of the molecule is C=C(C)/C=C\C(=C)CS. The summed E-state index contributed by atoms with van der Waals surface area (Å²) in [6.45, 7) is 9.40. The Bertz CT molecular complexity index is 143. The molecule has 1 heteroatoms. The van der Waals surface area contributed by atoms with Crippen molar-refractivity contribution >= 4 is 12.6 Å². The number of thiol groups is 1. The number of allylic oxidation sites excluding steroid dienone is 3. The lowest BCUT2D eigenvalue weighted by Crippen LogP contribution is -1.73. The predicted octanol–water partition coefficient (Wildman–Crippen LogP) is 2.60. The summed E-state index contributed by atoms with van der Waals surface area (Å²) in [7, 11) is 0. The quantitative estimate of drug-likeness (QED) is 0.452. The summed E-state index contributed by atoms with van der Waals surface area (Å²) >= 11 is 4.04. The minimum absolute atomic E-state index is 0.712. The normalized spacial score (nSPS) is 10.0. The van der Waals surface area contributed by atoms with Gasteiger partial charge in [-0.05, 0) is 12.5 Å². The van der Waals surface area contributed by atoms with E-state index in [0.717, 1.165) is 11.1 Å². The summed E-state index contributed by atoms with van der Waals surface area (Å²) in [6, 6.07) is 0. The van der Waals surface area contributed by atoms with Crippen molar-refractivity contribution in [1.29, 1.82) is 0 Å². The Morgan fingerprint density at radius 2 is 2.00 bits per heavy atom. The van der Waals surface area contributed by atoms with Gasteiger partial charge in [-0.3, -0.25) is 0 Å². The molecular weight excluding hydrogens is 128 g/mol. The number of hydrogen-bond donors (Lipinski definition) is 1. The zero-order chi connectivity index (χ0) is 7.28. The van der Waals surface area contributed by atoms with Crippen molar-refractivity contribution in [1.82, 2.24) is 0 Å². The van der Waals surface area contributed by atoms with Gasteiger partial charge < -0.3 is 0 Å². The molecule has 50 valence electrons. The Labute approximate surface area is 62.4 Å². The number of hydrogen-bond acceptors (Lipinski definition) is 1. The highest BCUT2D eigenvalue weighted by Gasteiger charge is 1.79. The van der Waals surface area contributed by atoms with Crippen molar-refractivity contribution in [2.75, 3.05) is 5.75 Å². The molecule has 0 aliphatic heterocycles. The lowest BCUT2D eigenvalue weighted by atomic mass is 10.2. The van der Waals surface area contributed by atoms with Crippen LogP contribution in [0.3, 0.4) is 0 Å². The van der Waals surface area contributed by atoms with Crippen molar-refractivity contribution < 1.29 is 0 Å². The fourth-order valence-electron chi connectivity index (χ4n) is 0.313. The summed E-state index contributed by atoms with van der Waals surface area (Å²) < 4.78 is 0. The lowest BCUT2D eigenvalue weighted by Gasteiger charge is -1.89. The standard InChI is InChI=1S/C8H12S/c1-7(2)4-5-8(3)6-9/h4-5,9H,1,3,6H2,2H3/b5-4-. The van der Waals surface area contributed by atoms with Crippen molar-refractivity contribution in [2.45, 2.75) is 6.92 Å². The van der Waals surface area contributed by atoms with E-state index in [2.05, 4.69) is 25.8 Å². The van der Waals surface area contributed by atoms with Crippen LogP contribution in [0.2, 0.25) is 0 Å². The minimum Gasteiger partial charge on any atom is -0.175 e. The summed E-state index contributed by atoms with van der Waals surface area (Å²) in [4.78, 5) is 0. The second-order valence-corrected chi connectivity index (χ2v) is 2.31. The van der Waals surface area contributed by atoms with Crippen LogP contribution in [-0.2, 0) is 0 Å². The molecule has 0 aromatic carbocycles. The van der Waals surface area contributed by atoms with Crippen molar-refractivity contribution in [3.8, 4) is 0 Å². The van der Waals surface area contributed by atoms with Gasteiger partial charge in [-0.25, -0.2) is 0 Å². The van der Waals surface area contributed by atoms with Crippen LogP contribution in [0.5, 0.6) is 0 Å². The molecule has 0 aromatic rings. The maximum Gasteiger partial charge on any atom is 0.0148 e. The van der Waals surface area contributed by atoms with E-state index in [1.54, 1.807) is 0 Å². The molecule has 0 nitrogen and oxygen atoms in total. The Kier molecular flexibility index (Phi) is 4.24.